The van der Waals surface area contributed by atoms with Gasteiger partial charge in [-0.2, -0.15) is 0 Å². The summed E-state index contributed by atoms with van der Waals surface area (Å²) in [4.78, 5) is 10.8. The first kappa shape index (κ1) is 19.9. The maximum atomic E-state index is 10.8. The van der Waals surface area contributed by atoms with Crippen LogP contribution in [0.2, 0.25) is 0 Å². The number of carbonyl (C=O) groups excluding carboxylic acids is 1. The van der Waals surface area contributed by atoms with Crippen molar-refractivity contribution in [2.75, 3.05) is 11.5 Å². The van der Waals surface area contributed by atoms with Gasteiger partial charge in [0.15, 0.2) is 0 Å². The Labute approximate surface area is 138 Å². The van der Waals surface area contributed by atoms with Crippen LogP contribution in [-0.4, -0.2) is 17.5 Å². The van der Waals surface area contributed by atoms with E-state index in [4.69, 9.17) is 0 Å². The highest BCUT2D eigenvalue weighted by Gasteiger charge is 1.93. The number of alkyl halides is 1. The van der Waals surface area contributed by atoms with E-state index >= 15 is 0 Å². The van der Waals surface area contributed by atoms with Gasteiger partial charge in [0.25, 0.3) is 0 Å². The Kier molecular flexibility index (Phi) is 16.9. The summed E-state index contributed by atoms with van der Waals surface area (Å²) in [5.74, 6) is -0.247. The second-order valence-corrected chi connectivity index (χ2v) is 6.37. The summed E-state index contributed by atoms with van der Waals surface area (Å²) in [6.45, 7) is 0. The Morgan fingerprint density at radius 3 is 1.75 bits per heavy atom. The minimum Gasteiger partial charge on any atom is -0.466 e. The largest absolute Gasteiger partial charge is 0.466 e. The van der Waals surface area contributed by atoms with Gasteiger partial charge < -0.3 is 4.74 Å². The minimum absolute atomic E-state index is 0.247. The van der Waals surface area contributed by atoms with Gasteiger partial charge in [0, 0.05) is 6.08 Å². The molecule has 0 bridgehead atoms. The summed E-state index contributed by atoms with van der Waals surface area (Å²) in [6.07, 6.45) is 19.5. The number of rotatable bonds is 14. The molecule has 0 saturated heterocycles. The Morgan fingerprint density at radius 1 is 0.850 bits per heavy atom. The molecule has 0 spiro atoms. The molecule has 118 valence electrons. The van der Waals surface area contributed by atoms with Crippen molar-refractivity contribution in [1.29, 1.82) is 0 Å². The molecule has 0 saturated carbocycles. The van der Waals surface area contributed by atoms with E-state index in [9.17, 15) is 4.79 Å². The van der Waals surface area contributed by atoms with Gasteiger partial charge in [-0.25, -0.2) is 4.79 Å². The summed E-state index contributed by atoms with van der Waals surface area (Å²) in [5.41, 5.74) is 0. The molecule has 0 aromatic rings. The van der Waals surface area contributed by atoms with Crippen LogP contribution in [0.3, 0.4) is 0 Å². The van der Waals surface area contributed by atoms with Crippen LogP contribution in [0.4, 0.5) is 0 Å². The van der Waals surface area contributed by atoms with Gasteiger partial charge in [-0.3, -0.25) is 0 Å². The average molecular weight is 394 g/mol. The average Bonchev–Trinajstić information content (AvgIpc) is 2.47. The van der Waals surface area contributed by atoms with Crippen LogP contribution in [0.1, 0.15) is 77.0 Å². The molecule has 0 atom stereocenters. The Morgan fingerprint density at radius 2 is 1.30 bits per heavy atom. The van der Waals surface area contributed by atoms with E-state index in [1.807, 2.05) is 6.08 Å². The molecule has 0 aliphatic carbocycles. The first-order valence-corrected chi connectivity index (χ1v) is 9.64. The minimum atomic E-state index is -0.247. The molecule has 2 nitrogen and oxygen atoms in total. The topological polar surface area (TPSA) is 26.3 Å². The van der Waals surface area contributed by atoms with Crippen molar-refractivity contribution < 1.29 is 9.53 Å². The first-order chi connectivity index (χ1) is 9.81. The van der Waals surface area contributed by atoms with Crippen LogP contribution in [0.5, 0.6) is 0 Å². The highest BCUT2D eigenvalue weighted by atomic mass is 127. The van der Waals surface area contributed by atoms with Gasteiger partial charge in [-0.05, 0) is 23.7 Å². The van der Waals surface area contributed by atoms with Crippen molar-refractivity contribution in [3.05, 3.63) is 12.2 Å². The smallest absolute Gasteiger partial charge is 0.330 e. The van der Waals surface area contributed by atoms with Crippen LogP contribution in [-0.2, 0) is 9.53 Å². The highest BCUT2D eigenvalue weighted by molar-refractivity contribution is 14.1. The zero-order chi connectivity index (χ0) is 14.9. The molecule has 0 fully saturated rings. The number of methoxy groups -OCH3 is 1. The number of carbonyl (C=O) groups is 1. The lowest BCUT2D eigenvalue weighted by Gasteiger charge is -2.02. The van der Waals surface area contributed by atoms with Crippen molar-refractivity contribution in [3.8, 4) is 0 Å². The molecule has 0 N–H and O–H groups in total. The Hall–Kier alpha value is -0.0600. The molecule has 0 amide bonds. The van der Waals surface area contributed by atoms with E-state index in [2.05, 4.69) is 27.3 Å². The van der Waals surface area contributed by atoms with Crippen molar-refractivity contribution in [1.82, 2.24) is 0 Å². The molecule has 0 aliphatic rings. The van der Waals surface area contributed by atoms with Gasteiger partial charge in [-0.1, -0.05) is 86.5 Å². The number of unbranched alkanes of at least 4 members (excludes halogenated alkanes) is 11. The molecule has 0 unspecified atom stereocenters. The van der Waals surface area contributed by atoms with E-state index in [-0.39, 0.29) is 5.97 Å². The van der Waals surface area contributed by atoms with Crippen LogP contribution in [0.25, 0.3) is 0 Å². The quantitative estimate of drug-likeness (QED) is 0.122. The number of halogens is 1. The molecule has 0 rings (SSSR count). The predicted octanol–water partition coefficient (Wildman–Crippen LogP) is 5.83. The lowest BCUT2D eigenvalue weighted by Crippen LogP contribution is -1.93. The highest BCUT2D eigenvalue weighted by Crippen LogP contribution is 2.12. The molecule has 3 heteroatoms. The molecular formula is C17H31IO2. The number of allylic oxidation sites excluding steroid dienone is 1. The van der Waals surface area contributed by atoms with Crippen LogP contribution < -0.4 is 0 Å². The summed E-state index contributed by atoms with van der Waals surface area (Å²) in [5, 5.41) is 0. The van der Waals surface area contributed by atoms with Gasteiger partial charge in [0.2, 0.25) is 0 Å². The molecule has 0 heterocycles. The molecular weight excluding hydrogens is 363 g/mol. The van der Waals surface area contributed by atoms with Gasteiger partial charge in [-0.15, -0.1) is 0 Å². The Bertz CT molecular complexity index is 239. The third-order valence-corrected chi connectivity index (χ3v) is 4.22. The lowest BCUT2D eigenvalue weighted by molar-refractivity contribution is -0.134. The SMILES string of the molecule is COC(=O)C=CCCCCCCCCCCCCCI. The second kappa shape index (κ2) is 17.0. The van der Waals surface area contributed by atoms with Gasteiger partial charge in [0.1, 0.15) is 0 Å². The predicted molar refractivity (Wildman–Crippen MR) is 95.4 cm³/mol. The Balaban J connectivity index is 3.06. The van der Waals surface area contributed by atoms with Crippen molar-refractivity contribution in [3.63, 3.8) is 0 Å². The third-order valence-electron chi connectivity index (χ3n) is 3.46. The fraction of sp³-hybridized carbons (Fsp3) is 0.824. The molecule has 20 heavy (non-hydrogen) atoms. The zero-order valence-corrected chi connectivity index (χ0v) is 15.2. The first-order valence-electron chi connectivity index (χ1n) is 8.11. The molecule has 0 aliphatic heterocycles. The standard InChI is InChI=1S/C17H31IO2/c1-20-17(19)15-13-11-9-7-5-3-2-4-6-8-10-12-14-16-18/h13,15H,2-12,14,16H2,1H3. The van der Waals surface area contributed by atoms with Crippen molar-refractivity contribution in [2.24, 2.45) is 0 Å². The number of ether oxygens (including phenoxy) is 1. The van der Waals surface area contributed by atoms with Crippen LogP contribution >= 0.6 is 22.6 Å². The summed E-state index contributed by atoms with van der Waals surface area (Å²) in [7, 11) is 1.41. The van der Waals surface area contributed by atoms with Crippen molar-refractivity contribution in [2.45, 2.75) is 77.0 Å². The number of hydrogen-bond acceptors (Lipinski definition) is 2. The van der Waals surface area contributed by atoms with E-state index in [0.717, 1.165) is 6.42 Å². The zero-order valence-electron chi connectivity index (χ0n) is 13.0. The molecule has 0 aromatic carbocycles. The summed E-state index contributed by atoms with van der Waals surface area (Å²) in [6, 6.07) is 0. The summed E-state index contributed by atoms with van der Waals surface area (Å²) >= 11 is 2.46. The van der Waals surface area contributed by atoms with Gasteiger partial charge >= 0.3 is 5.97 Å². The normalized spacial score (nSPS) is 11.1. The van der Waals surface area contributed by atoms with E-state index < -0.39 is 0 Å². The van der Waals surface area contributed by atoms with Gasteiger partial charge in [0.05, 0.1) is 7.11 Å². The maximum Gasteiger partial charge on any atom is 0.330 e. The molecule has 0 aromatic heterocycles. The van der Waals surface area contributed by atoms with E-state index in [1.54, 1.807) is 0 Å². The number of hydrogen-bond donors (Lipinski definition) is 0. The fourth-order valence-corrected chi connectivity index (χ4v) is 2.73. The molecule has 0 radical (unpaired) electrons. The van der Waals surface area contributed by atoms with Crippen LogP contribution in [0, 0.1) is 0 Å². The summed E-state index contributed by atoms with van der Waals surface area (Å²) < 4.78 is 5.85. The van der Waals surface area contributed by atoms with Crippen molar-refractivity contribution >= 4 is 28.6 Å². The van der Waals surface area contributed by atoms with E-state index in [1.165, 1.54) is 88.2 Å². The maximum absolute atomic E-state index is 10.8. The van der Waals surface area contributed by atoms with E-state index in [0.29, 0.717) is 0 Å². The number of esters is 1. The fourth-order valence-electron chi connectivity index (χ4n) is 2.20. The van der Waals surface area contributed by atoms with Crippen LogP contribution in [0.15, 0.2) is 12.2 Å². The second-order valence-electron chi connectivity index (χ2n) is 5.29. The third kappa shape index (κ3) is 16.0. The monoisotopic (exact) mass is 394 g/mol. The lowest BCUT2D eigenvalue weighted by atomic mass is 10.1.